The summed E-state index contributed by atoms with van der Waals surface area (Å²) >= 11 is 7.31. The topological polar surface area (TPSA) is 70.7 Å². The molecule has 1 fully saturated rings. The molecule has 1 saturated carbocycles. The first-order chi connectivity index (χ1) is 13.5. The lowest BCUT2D eigenvalue weighted by Crippen LogP contribution is -2.28. The first-order valence-electron chi connectivity index (χ1n) is 9.30. The highest BCUT2D eigenvalue weighted by molar-refractivity contribution is 8.01. The second kappa shape index (κ2) is 8.99. The summed E-state index contributed by atoms with van der Waals surface area (Å²) in [4.78, 5) is 13.3. The summed E-state index contributed by atoms with van der Waals surface area (Å²) in [7, 11) is 0. The van der Waals surface area contributed by atoms with E-state index >= 15 is 0 Å². The first kappa shape index (κ1) is 20.7. The van der Waals surface area contributed by atoms with Gasteiger partial charge in [-0.3, -0.25) is 14.9 Å². The second-order valence-electron chi connectivity index (χ2n) is 7.02. The van der Waals surface area contributed by atoms with E-state index in [4.69, 9.17) is 16.7 Å². The zero-order valence-electron chi connectivity index (χ0n) is 16.0. The van der Waals surface area contributed by atoms with Crippen LogP contribution in [-0.2, 0) is 11.2 Å². The third kappa shape index (κ3) is 4.69. The van der Waals surface area contributed by atoms with Crippen molar-refractivity contribution >= 4 is 36.2 Å². The third-order valence-corrected chi connectivity index (χ3v) is 6.27. The van der Waals surface area contributed by atoms with E-state index in [2.05, 4.69) is 24.1 Å². The van der Waals surface area contributed by atoms with Crippen molar-refractivity contribution in [2.75, 3.05) is 0 Å². The van der Waals surface area contributed by atoms with Gasteiger partial charge >= 0.3 is 0 Å². The maximum Gasteiger partial charge on any atom is 0.228 e. The quantitative estimate of drug-likeness (QED) is 0.371. The summed E-state index contributed by atoms with van der Waals surface area (Å²) in [6.07, 6.45) is 10.1. The molecule has 1 aromatic rings. The standard InChI is InChI=1S/C21H25ClN4OS/c1-3-21(10-11-21)26(24-2)14-16-8-9-17(13-19(16)28-23)25-20(27)12-15-6-4-5-7-18(15)22/h4-7,9,13-14H,2-3,8,10-12,23H2,1H3,(H,25,27)/b16-14+. The number of carbonyl (C=O) groups is 1. The molecule has 3 N–H and O–H groups in total. The third-order valence-electron chi connectivity index (χ3n) is 5.27. The molecule has 0 saturated heterocycles. The zero-order chi connectivity index (χ0) is 20.1. The van der Waals surface area contributed by atoms with Crippen molar-refractivity contribution in [3.05, 3.63) is 69.4 Å². The molecule has 3 rings (SSSR count). The van der Waals surface area contributed by atoms with Crippen LogP contribution in [0.5, 0.6) is 0 Å². The summed E-state index contributed by atoms with van der Waals surface area (Å²) in [6.45, 7) is 5.90. The number of nitrogens with one attached hydrogen (secondary N) is 1. The van der Waals surface area contributed by atoms with Gasteiger partial charge < -0.3 is 5.32 Å². The molecule has 0 spiro atoms. The Morgan fingerprint density at radius 3 is 2.82 bits per heavy atom. The number of carbonyl (C=O) groups excluding carboxylic acids is 1. The summed E-state index contributed by atoms with van der Waals surface area (Å²) < 4.78 is 0. The van der Waals surface area contributed by atoms with Crippen molar-refractivity contribution in [3.63, 3.8) is 0 Å². The van der Waals surface area contributed by atoms with Crippen LogP contribution < -0.4 is 10.5 Å². The van der Waals surface area contributed by atoms with E-state index in [1.165, 1.54) is 11.9 Å². The monoisotopic (exact) mass is 416 g/mol. The van der Waals surface area contributed by atoms with Crippen molar-refractivity contribution in [1.82, 2.24) is 10.3 Å². The molecule has 1 aromatic carbocycles. The van der Waals surface area contributed by atoms with Gasteiger partial charge in [-0.05, 0) is 60.9 Å². The Morgan fingerprint density at radius 2 is 2.21 bits per heavy atom. The minimum absolute atomic E-state index is 0.103. The number of amides is 1. The molecular formula is C21H25ClN4OS. The number of allylic oxidation sites excluding steroid dienone is 3. The molecule has 0 bridgehead atoms. The predicted molar refractivity (Wildman–Crippen MR) is 118 cm³/mol. The van der Waals surface area contributed by atoms with Crippen molar-refractivity contribution < 1.29 is 4.79 Å². The fourth-order valence-corrected chi connectivity index (χ4v) is 4.00. The van der Waals surface area contributed by atoms with Crippen LogP contribution in [0.25, 0.3) is 0 Å². The Balaban J connectivity index is 1.68. The molecule has 0 aliphatic heterocycles. The molecule has 0 radical (unpaired) electrons. The smallest absolute Gasteiger partial charge is 0.228 e. The molecule has 148 valence electrons. The van der Waals surface area contributed by atoms with Crippen LogP contribution in [0.1, 0.15) is 38.2 Å². The second-order valence-corrected chi connectivity index (χ2v) is 8.11. The highest BCUT2D eigenvalue weighted by Gasteiger charge is 2.45. The first-order valence-corrected chi connectivity index (χ1v) is 10.6. The minimum atomic E-state index is -0.110. The molecule has 0 unspecified atom stereocenters. The van der Waals surface area contributed by atoms with E-state index < -0.39 is 0 Å². The van der Waals surface area contributed by atoms with Crippen molar-refractivity contribution in [2.24, 2.45) is 10.2 Å². The van der Waals surface area contributed by atoms with E-state index in [1.54, 1.807) is 6.07 Å². The molecule has 7 heteroatoms. The Labute approximate surface area is 175 Å². The number of benzene rings is 1. The Hall–Kier alpha value is -2.02. The molecule has 0 heterocycles. The van der Waals surface area contributed by atoms with Crippen LogP contribution in [-0.4, -0.2) is 23.2 Å². The highest BCUT2D eigenvalue weighted by Crippen LogP contribution is 2.45. The fraction of sp³-hybridized carbons (Fsp3) is 0.333. The van der Waals surface area contributed by atoms with Gasteiger partial charge in [0, 0.05) is 28.5 Å². The average Bonchev–Trinajstić information content (AvgIpc) is 3.49. The van der Waals surface area contributed by atoms with E-state index in [0.717, 1.165) is 41.0 Å². The highest BCUT2D eigenvalue weighted by atomic mass is 35.5. The van der Waals surface area contributed by atoms with Gasteiger partial charge in [0.15, 0.2) is 0 Å². The Bertz CT molecular complexity index is 858. The Morgan fingerprint density at radius 1 is 1.46 bits per heavy atom. The average molecular weight is 417 g/mol. The molecule has 0 aromatic heterocycles. The number of hydrogen-bond donors (Lipinski definition) is 2. The van der Waals surface area contributed by atoms with E-state index in [-0.39, 0.29) is 17.9 Å². The van der Waals surface area contributed by atoms with E-state index in [1.807, 2.05) is 41.6 Å². The normalized spacial score (nSPS) is 18.9. The number of nitrogens with two attached hydrogens (primary N) is 1. The molecule has 0 atom stereocenters. The van der Waals surface area contributed by atoms with Gasteiger partial charge in [0.05, 0.1) is 12.0 Å². The molecule has 2 aliphatic carbocycles. The van der Waals surface area contributed by atoms with Gasteiger partial charge in [0.2, 0.25) is 5.91 Å². The summed E-state index contributed by atoms with van der Waals surface area (Å²) in [5.41, 5.74) is 2.73. The number of halogens is 1. The van der Waals surface area contributed by atoms with Gasteiger partial charge in [-0.1, -0.05) is 42.8 Å². The van der Waals surface area contributed by atoms with Crippen LogP contribution in [0.15, 0.2) is 63.9 Å². The van der Waals surface area contributed by atoms with Crippen LogP contribution in [0.3, 0.4) is 0 Å². The molecule has 2 aliphatic rings. The number of hydrazone groups is 1. The van der Waals surface area contributed by atoms with Crippen LogP contribution in [0.4, 0.5) is 0 Å². The fourth-order valence-electron chi connectivity index (χ4n) is 3.31. The van der Waals surface area contributed by atoms with E-state index in [9.17, 15) is 4.79 Å². The van der Waals surface area contributed by atoms with Crippen molar-refractivity contribution in [1.29, 1.82) is 0 Å². The maximum atomic E-state index is 12.4. The molecule has 28 heavy (non-hydrogen) atoms. The molecular weight excluding hydrogens is 392 g/mol. The lowest BCUT2D eigenvalue weighted by atomic mass is 10.1. The Kier molecular flexibility index (Phi) is 6.65. The maximum absolute atomic E-state index is 12.4. The number of hydrogen-bond acceptors (Lipinski definition) is 5. The lowest BCUT2D eigenvalue weighted by Gasteiger charge is -2.26. The summed E-state index contributed by atoms with van der Waals surface area (Å²) in [6, 6.07) is 7.36. The van der Waals surface area contributed by atoms with Crippen molar-refractivity contribution in [2.45, 2.75) is 44.6 Å². The predicted octanol–water partition coefficient (Wildman–Crippen LogP) is 4.52. The summed E-state index contributed by atoms with van der Waals surface area (Å²) in [5, 5.41) is 15.6. The molecule has 1 amide bonds. The lowest BCUT2D eigenvalue weighted by molar-refractivity contribution is -0.119. The van der Waals surface area contributed by atoms with Gasteiger partial charge in [0.25, 0.3) is 0 Å². The number of rotatable bonds is 8. The molecule has 5 nitrogen and oxygen atoms in total. The van der Waals surface area contributed by atoms with Gasteiger partial charge in [-0.15, -0.1) is 0 Å². The largest absolute Gasteiger partial charge is 0.326 e. The summed E-state index contributed by atoms with van der Waals surface area (Å²) in [5.74, 6) is -0.110. The minimum Gasteiger partial charge on any atom is -0.326 e. The van der Waals surface area contributed by atoms with Crippen molar-refractivity contribution in [3.8, 4) is 0 Å². The van der Waals surface area contributed by atoms with E-state index in [0.29, 0.717) is 11.4 Å². The SMILES string of the molecule is C=NN(/C=C1\CC=C(NC(=O)Cc2ccccc2Cl)C=C1SN)C1(CC)CC1. The van der Waals surface area contributed by atoms with Gasteiger partial charge in [0.1, 0.15) is 0 Å². The zero-order valence-corrected chi connectivity index (χ0v) is 17.5. The van der Waals surface area contributed by atoms with Crippen LogP contribution >= 0.6 is 23.5 Å². The van der Waals surface area contributed by atoms with Gasteiger partial charge in [-0.2, -0.15) is 5.10 Å². The van der Waals surface area contributed by atoms with Gasteiger partial charge in [-0.25, -0.2) is 0 Å². The van der Waals surface area contributed by atoms with Crippen LogP contribution in [0.2, 0.25) is 5.02 Å². The van der Waals surface area contributed by atoms with Crippen LogP contribution in [0, 0.1) is 0 Å². The number of nitrogens with zero attached hydrogens (tertiary/aromatic N) is 2.